The summed E-state index contributed by atoms with van der Waals surface area (Å²) in [7, 11) is -4.80. The third-order valence-electron chi connectivity index (χ3n) is 3.85. The van der Waals surface area contributed by atoms with Crippen LogP contribution in [0.25, 0.3) is 0 Å². The highest BCUT2D eigenvalue weighted by Gasteiger charge is 2.39. The van der Waals surface area contributed by atoms with E-state index in [4.69, 9.17) is 10.9 Å². The van der Waals surface area contributed by atoms with Crippen molar-refractivity contribution in [2.75, 3.05) is 5.32 Å². The van der Waals surface area contributed by atoms with E-state index < -0.39 is 50.2 Å². The summed E-state index contributed by atoms with van der Waals surface area (Å²) in [6, 6.07) is -0.0110. The largest absolute Gasteiger partial charge is 0.417 e. The van der Waals surface area contributed by atoms with Crippen molar-refractivity contribution in [1.29, 1.82) is 0 Å². The van der Waals surface area contributed by atoms with Gasteiger partial charge in [0, 0.05) is 12.1 Å². The molecule has 1 aromatic carbocycles. The molecule has 0 amide bonds. The monoisotopic (exact) mass is 355 g/mol. The number of nitrogens with two attached hydrogens (primary N) is 2. The molecule has 1 aliphatic rings. The Morgan fingerprint density at radius 1 is 1.17 bits per heavy atom. The maximum absolute atomic E-state index is 14.0. The third kappa shape index (κ3) is 3.93. The summed E-state index contributed by atoms with van der Waals surface area (Å²) in [5, 5.41) is 7.43. The Balaban J connectivity index is 2.57. The number of sulfonamides is 1. The first kappa shape index (κ1) is 18.0. The van der Waals surface area contributed by atoms with Crippen LogP contribution in [0, 0.1) is 5.82 Å². The second kappa shape index (κ2) is 6.25. The van der Waals surface area contributed by atoms with Crippen LogP contribution in [0.2, 0.25) is 0 Å². The lowest BCUT2D eigenvalue weighted by molar-refractivity contribution is -0.139. The lowest BCUT2D eigenvalue weighted by Crippen LogP contribution is -2.43. The van der Waals surface area contributed by atoms with Gasteiger partial charge in [-0.25, -0.2) is 17.9 Å². The number of halogens is 4. The van der Waals surface area contributed by atoms with Gasteiger partial charge in [0.15, 0.2) is 0 Å². The number of hydrogen-bond acceptors (Lipinski definition) is 4. The molecule has 10 heteroatoms. The Labute approximate surface area is 131 Å². The molecule has 0 saturated heterocycles. The second-order valence-electron chi connectivity index (χ2n) is 5.54. The zero-order valence-corrected chi connectivity index (χ0v) is 12.8. The van der Waals surface area contributed by atoms with Crippen LogP contribution in [0.4, 0.5) is 23.2 Å². The first-order valence-corrected chi connectivity index (χ1v) is 8.51. The molecular weight excluding hydrogens is 338 g/mol. The van der Waals surface area contributed by atoms with E-state index in [1.54, 1.807) is 0 Å². The summed E-state index contributed by atoms with van der Waals surface area (Å²) >= 11 is 0. The van der Waals surface area contributed by atoms with E-state index in [-0.39, 0.29) is 0 Å². The fourth-order valence-corrected chi connectivity index (χ4v) is 3.67. The van der Waals surface area contributed by atoms with Gasteiger partial charge in [0.2, 0.25) is 10.0 Å². The molecule has 5 N–H and O–H groups in total. The van der Waals surface area contributed by atoms with Gasteiger partial charge < -0.3 is 11.1 Å². The molecule has 0 unspecified atom stereocenters. The summed E-state index contributed by atoms with van der Waals surface area (Å²) < 4.78 is 76.5. The summed E-state index contributed by atoms with van der Waals surface area (Å²) in [6.07, 6.45) is -2.26. The lowest BCUT2D eigenvalue weighted by atomic mass is 9.91. The van der Waals surface area contributed by atoms with Crippen molar-refractivity contribution >= 4 is 15.7 Å². The molecule has 0 heterocycles. The maximum Gasteiger partial charge on any atom is 0.417 e. The van der Waals surface area contributed by atoms with Crippen molar-refractivity contribution in [3.05, 3.63) is 23.5 Å². The minimum atomic E-state index is -4.99. The fourth-order valence-electron chi connectivity index (χ4n) is 2.74. The van der Waals surface area contributed by atoms with Crippen LogP contribution >= 0.6 is 0 Å². The van der Waals surface area contributed by atoms with Crippen molar-refractivity contribution in [3.63, 3.8) is 0 Å². The number of nitrogens with one attached hydrogen (secondary N) is 1. The molecule has 2 atom stereocenters. The molecule has 0 aliphatic heterocycles. The van der Waals surface area contributed by atoms with Gasteiger partial charge in [-0.3, -0.25) is 0 Å². The molecule has 1 aliphatic carbocycles. The van der Waals surface area contributed by atoms with Gasteiger partial charge in [0.1, 0.15) is 10.7 Å². The highest BCUT2D eigenvalue weighted by Crippen LogP contribution is 2.39. The third-order valence-corrected chi connectivity index (χ3v) is 4.84. The quantitative estimate of drug-likeness (QED) is 0.724. The van der Waals surface area contributed by atoms with Gasteiger partial charge in [0.25, 0.3) is 0 Å². The van der Waals surface area contributed by atoms with E-state index in [1.807, 2.05) is 0 Å². The summed E-state index contributed by atoms with van der Waals surface area (Å²) in [4.78, 5) is -1.29. The highest BCUT2D eigenvalue weighted by molar-refractivity contribution is 7.89. The van der Waals surface area contributed by atoms with Crippen molar-refractivity contribution in [3.8, 4) is 0 Å². The van der Waals surface area contributed by atoms with Crippen LogP contribution in [-0.4, -0.2) is 20.5 Å². The van der Waals surface area contributed by atoms with Gasteiger partial charge >= 0.3 is 6.18 Å². The average molecular weight is 355 g/mol. The van der Waals surface area contributed by atoms with Crippen molar-refractivity contribution in [1.82, 2.24) is 0 Å². The fraction of sp³-hybridized carbons (Fsp3) is 0.538. The topological polar surface area (TPSA) is 98.2 Å². The van der Waals surface area contributed by atoms with E-state index in [0.29, 0.717) is 25.0 Å². The normalized spacial score (nSPS) is 22.9. The Bertz CT molecular complexity index is 691. The number of primary sulfonamides is 1. The SMILES string of the molecule is N[C@H]1CCCC[C@H]1Nc1c(F)ccc(C(F)(F)F)c1S(N)(=O)=O. The highest BCUT2D eigenvalue weighted by atomic mass is 32.2. The standard InChI is InChI=1S/C13H17F4N3O2S/c14-8-6-5-7(13(15,16)17)12(23(19,21)22)11(8)20-10-4-2-1-3-9(10)18/h5-6,9-10,20H,1-4,18H2,(H2,19,21,22)/t9-,10+/m0/s1. The maximum atomic E-state index is 14.0. The Morgan fingerprint density at radius 3 is 2.30 bits per heavy atom. The second-order valence-corrected chi connectivity index (χ2v) is 7.04. The molecule has 5 nitrogen and oxygen atoms in total. The van der Waals surface area contributed by atoms with Crippen LogP contribution in [0.5, 0.6) is 0 Å². The predicted octanol–water partition coefficient (Wildman–Crippen LogP) is 2.17. The Morgan fingerprint density at radius 2 is 1.78 bits per heavy atom. The zero-order valence-electron chi connectivity index (χ0n) is 12.0. The number of anilines is 1. The van der Waals surface area contributed by atoms with Gasteiger partial charge in [-0.2, -0.15) is 13.2 Å². The van der Waals surface area contributed by atoms with Gasteiger partial charge in [-0.05, 0) is 25.0 Å². The average Bonchev–Trinajstić information content (AvgIpc) is 2.40. The molecule has 1 fully saturated rings. The molecule has 130 valence electrons. The molecule has 23 heavy (non-hydrogen) atoms. The minimum absolute atomic E-state index is 0.362. The summed E-state index contributed by atoms with van der Waals surface area (Å²) in [5.74, 6) is -1.13. The molecule has 0 spiro atoms. The predicted molar refractivity (Wildman–Crippen MR) is 76.6 cm³/mol. The van der Waals surface area contributed by atoms with Crippen molar-refractivity contribution < 1.29 is 26.0 Å². The minimum Gasteiger partial charge on any atom is -0.377 e. The number of alkyl halides is 3. The molecule has 1 saturated carbocycles. The molecule has 2 rings (SSSR count). The molecule has 0 radical (unpaired) electrons. The van der Waals surface area contributed by atoms with Crippen LogP contribution in [0.1, 0.15) is 31.2 Å². The van der Waals surface area contributed by atoms with E-state index in [2.05, 4.69) is 5.32 Å². The first-order valence-electron chi connectivity index (χ1n) is 6.96. The van der Waals surface area contributed by atoms with Crippen molar-refractivity contribution in [2.45, 2.75) is 48.8 Å². The molecule has 0 aromatic heterocycles. The first-order chi connectivity index (χ1) is 10.5. The number of rotatable bonds is 3. The van der Waals surface area contributed by atoms with Crippen molar-refractivity contribution in [2.24, 2.45) is 10.9 Å². The smallest absolute Gasteiger partial charge is 0.377 e. The van der Waals surface area contributed by atoms with Crippen LogP contribution in [-0.2, 0) is 16.2 Å². The van der Waals surface area contributed by atoms with Gasteiger partial charge in [-0.1, -0.05) is 12.8 Å². The van der Waals surface area contributed by atoms with Crippen LogP contribution in [0.15, 0.2) is 17.0 Å². The zero-order chi connectivity index (χ0) is 17.4. The molecular formula is C13H17F4N3O2S. The van der Waals surface area contributed by atoms with E-state index >= 15 is 0 Å². The summed E-state index contributed by atoms with van der Waals surface area (Å²) in [5.41, 5.74) is 3.59. The Kier molecular flexibility index (Phi) is 4.88. The number of benzene rings is 1. The lowest BCUT2D eigenvalue weighted by Gasteiger charge is -2.31. The van der Waals surface area contributed by atoms with E-state index in [9.17, 15) is 26.0 Å². The van der Waals surface area contributed by atoms with Crippen LogP contribution < -0.4 is 16.2 Å². The van der Waals surface area contributed by atoms with Crippen LogP contribution in [0.3, 0.4) is 0 Å². The van der Waals surface area contributed by atoms with Gasteiger partial charge in [0.05, 0.1) is 11.3 Å². The molecule has 0 bridgehead atoms. The van der Waals surface area contributed by atoms with Gasteiger partial charge in [-0.15, -0.1) is 0 Å². The summed E-state index contributed by atoms with van der Waals surface area (Å²) in [6.45, 7) is 0. The van der Waals surface area contributed by atoms with E-state index in [0.717, 1.165) is 12.8 Å². The number of hydrogen-bond donors (Lipinski definition) is 3. The van der Waals surface area contributed by atoms with E-state index in [1.165, 1.54) is 0 Å². The Hall–Kier alpha value is -1.39. The molecule has 1 aromatic rings.